The van der Waals surface area contributed by atoms with Crippen LogP contribution in [0.2, 0.25) is 0 Å². The Kier molecular flexibility index (Phi) is 4.49. The average Bonchev–Trinajstić information content (AvgIpc) is 2.66. The third-order valence-electron chi connectivity index (χ3n) is 6.29. The summed E-state index contributed by atoms with van der Waals surface area (Å²) in [6.07, 6.45) is 8.38. The van der Waals surface area contributed by atoms with Crippen molar-refractivity contribution in [3.05, 3.63) is 41.1 Å². The van der Waals surface area contributed by atoms with Crippen LogP contribution in [0.1, 0.15) is 67.1 Å². The van der Waals surface area contributed by atoms with Crippen LogP contribution < -0.4 is 0 Å². The molecular weight excluding hydrogens is 308 g/mol. The standard InChI is InChI=1S/C22H28N2O/c1-3-18-15(2)21(17-11-5-6-12-19(17)23-18)22(25)24-14-8-10-16-9-4-7-13-20(16)24/h5-6,11-12,16,20H,3-4,7-10,13-14H2,1-2H3. The van der Waals surface area contributed by atoms with E-state index in [4.69, 9.17) is 4.98 Å². The quantitative estimate of drug-likeness (QED) is 0.781. The molecule has 2 atom stereocenters. The van der Waals surface area contributed by atoms with Crippen LogP contribution >= 0.6 is 0 Å². The minimum atomic E-state index is 0.238. The van der Waals surface area contributed by atoms with Crippen molar-refractivity contribution in [1.82, 2.24) is 9.88 Å². The van der Waals surface area contributed by atoms with E-state index in [1.54, 1.807) is 0 Å². The third-order valence-corrected chi connectivity index (χ3v) is 6.29. The van der Waals surface area contributed by atoms with E-state index in [9.17, 15) is 4.79 Å². The molecule has 1 aliphatic carbocycles. The number of carbonyl (C=O) groups is 1. The second kappa shape index (κ2) is 6.78. The van der Waals surface area contributed by atoms with Gasteiger partial charge in [-0.05, 0) is 56.6 Å². The van der Waals surface area contributed by atoms with Crippen molar-refractivity contribution in [1.29, 1.82) is 0 Å². The summed E-state index contributed by atoms with van der Waals surface area (Å²) in [5.41, 5.74) is 3.97. The Balaban J connectivity index is 1.80. The Morgan fingerprint density at radius 2 is 1.92 bits per heavy atom. The second-order valence-electron chi connectivity index (χ2n) is 7.68. The summed E-state index contributed by atoms with van der Waals surface area (Å²) in [4.78, 5) is 20.7. The van der Waals surface area contributed by atoms with Crippen LogP contribution in [0.4, 0.5) is 0 Å². The van der Waals surface area contributed by atoms with E-state index < -0.39 is 0 Å². The number of pyridine rings is 1. The lowest BCUT2D eigenvalue weighted by Crippen LogP contribution is -2.49. The summed E-state index contributed by atoms with van der Waals surface area (Å²) in [6.45, 7) is 5.11. The van der Waals surface area contributed by atoms with E-state index in [0.717, 1.165) is 47.1 Å². The first-order chi connectivity index (χ1) is 12.2. The number of likely N-dealkylation sites (tertiary alicyclic amines) is 1. The predicted molar refractivity (Wildman–Crippen MR) is 102 cm³/mol. The van der Waals surface area contributed by atoms with Gasteiger partial charge in [0.15, 0.2) is 0 Å². The number of piperidine rings is 1. The van der Waals surface area contributed by atoms with E-state index in [1.807, 2.05) is 18.2 Å². The van der Waals surface area contributed by atoms with Gasteiger partial charge >= 0.3 is 0 Å². The molecule has 0 spiro atoms. The molecule has 25 heavy (non-hydrogen) atoms. The molecule has 1 saturated heterocycles. The number of carbonyl (C=O) groups excluding carboxylic acids is 1. The Morgan fingerprint density at radius 1 is 1.16 bits per heavy atom. The topological polar surface area (TPSA) is 33.2 Å². The van der Waals surface area contributed by atoms with Crippen LogP contribution in [-0.4, -0.2) is 28.4 Å². The number of aromatic nitrogens is 1. The van der Waals surface area contributed by atoms with E-state index >= 15 is 0 Å². The summed E-state index contributed by atoms with van der Waals surface area (Å²) in [5, 5.41) is 1.01. The average molecular weight is 336 g/mol. The SMILES string of the molecule is CCc1nc2ccccc2c(C(=O)N2CCCC3CCCCC32)c1C. The van der Waals surface area contributed by atoms with Gasteiger partial charge in [0.2, 0.25) is 0 Å². The highest BCUT2D eigenvalue weighted by Gasteiger charge is 2.37. The zero-order valence-electron chi connectivity index (χ0n) is 15.4. The number of rotatable bonds is 2. The number of amides is 1. The number of hydrogen-bond donors (Lipinski definition) is 0. The van der Waals surface area contributed by atoms with Gasteiger partial charge in [-0.25, -0.2) is 0 Å². The fourth-order valence-electron chi connectivity index (χ4n) is 5.00. The lowest BCUT2D eigenvalue weighted by molar-refractivity contribution is 0.0391. The van der Waals surface area contributed by atoms with E-state index in [1.165, 1.54) is 32.1 Å². The van der Waals surface area contributed by atoms with Crippen molar-refractivity contribution >= 4 is 16.8 Å². The molecule has 2 unspecified atom stereocenters. The number of hydrogen-bond acceptors (Lipinski definition) is 2. The first-order valence-corrected chi connectivity index (χ1v) is 9.90. The maximum absolute atomic E-state index is 13.7. The van der Waals surface area contributed by atoms with Gasteiger partial charge in [-0.1, -0.05) is 38.0 Å². The molecule has 4 rings (SSSR count). The molecule has 0 bridgehead atoms. The van der Waals surface area contributed by atoms with Gasteiger partial charge in [-0.15, -0.1) is 0 Å². The number of fused-ring (bicyclic) bond motifs is 2. The van der Waals surface area contributed by atoms with Gasteiger partial charge in [-0.2, -0.15) is 0 Å². The molecule has 0 radical (unpaired) electrons. The largest absolute Gasteiger partial charge is 0.335 e. The molecule has 1 aromatic carbocycles. The fourth-order valence-corrected chi connectivity index (χ4v) is 5.00. The van der Waals surface area contributed by atoms with Crippen molar-refractivity contribution in [2.24, 2.45) is 5.92 Å². The number of benzene rings is 1. The monoisotopic (exact) mass is 336 g/mol. The van der Waals surface area contributed by atoms with Gasteiger partial charge in [0.05, 0.1) is 11.1 Å². The minimum absolute atomic E-state index is 0.238. The first-order valence-electron chi connectivity index (χ1n) is 9.90. The molecule has 2 aliphatic rings. The lowest BCUT2D eigenvalue weighted by atomic mass is 9.78. The van der Waals surface area contributed by atoms with Crippen molar-refractivity contribution in [3.63, 3.8) is 0 Å². The van der Waals surface area contributed by atoms with Crippen LogP contribution in [0.25, 0.3) is 10.9 Å². The molecule has 2 heterocycles. The Morgan fingerprint density at radius 3 is 2.76 bits per heavy atom. The van der Waals surface area contributed by atoms with Gasteiger partial charge in [0.25, 0.3) is 5.91 Å². The lowest BCUT2D eigenvalue weighted by Gasteiger charge is -2.44. The van der Waals surface area contributed by atoms with Crippen LogP contribution in [0.15, 0.2) is 24.3 Å². The van der Waals surface area contributed by atoms with Gasteiger partial charge < -0.3 is 4.90 Å². The Bertz CT molecular complexity index is 796. The van der Waals surface area contributed by atoms with Crippen molar-refractivity contribution < 1.29 is 4.79 Å². The number of para-hydroxylation sites is 1. The van der Waals surface area contributed by atoms with Crippen molar-refractivity contribution in [3.8, 4) is 0 Å². The zero-order valence-corrected chi connectivity index (χ0v) is 15.4. The maximum atomic E-state index is 13.7. The van der Waals surface area contributed by atoms with Crippen molar-refractivity contribution in [2.75, 3.05) is 6.54 Å². The van der Waals surface area contributed by atoms with Gasteiger partial charge in [0, 0.05) is 23.7 Å². The van der Waals surface area contributed by atoms with Crippen LogP contribution in [-0.2, 0) is 6.42 Å². The fraction of sp³-hybridized carbons (Fsp3) is 0.545. The van der Waals surface area contributed by atoms with Crippen LogP contribution in [0.5, 0.6) is 0 Å². The highest BCUT2D eigenvalue weighted by atomic mass is 16.2. The highest BCUT2D eigenvalue weighted by Crippen LogP contribution is 2.37. The molecule has 1 aromatic heterocycles. The normalized spacial score (nSPS) is 23.5. The second-order valence-corrected chi connectivity index (χ2v) is 7.68. The summed E-state index contributed by atoms with van der Waals surface area (Å²) >= 11 is 0. The molecule has 0 N–H and O–H groups in total. The number of nitrogens with zero attached hydrogens (tertiary/aromatic N) is 2. The Hall–Kier alpha value is -1.90. The predicted octanol–water partition coefficient (Wildman–Crippen LogP) is 4.90. The highest BCUT2D eigenvalue weighted by molar-refractivity contribution is 6.07. The van der Waals surface area contributed by atoms with Crippen molar-refractivity contribution in [2.45, 2.75) is 64.8 Å². The molecule has 1 saturated carbocycles. The molecular formula is C22H28N2O. The van der Waals surface area contributed by atoms with Gasteiger partial charge in [0.1, 0.15) is 0 Å². The van der Waals surface area contributed by atoms with Crippen LogP contribution in [0.3, 0.4) is 0 Å². The molecule has 1 amide bonds. The van der Waals surface area contributed by atoms with E-state index in [2.05, 4.69) is 24.8 Å². The zero-order chi connectivity index (χ0) is 17.4. The number of aryl methyl sites for hydroxylation is 1. The molecule has 1 aliphatic heterocycles. The summed E-state index contributed by atoms with van der Waals surface area (Å²) < 4.78 is 0. The minimum Gasteiger partial charge on any atom is -0.335 e. The third kappa shape index (κ3) is 2.84. The summed E-state index contributed by atoms with van der Waals surface area (Å²) in [6, 6.07) is 8.57. The molecule has 132 valence electrons. The van der Waals surface area contributed by atoms with Crippen LogP contribution in [0, 0.1) is 12.8 Å². The molecule has 3 nitrogen and oxygen atoms in total. The maximum Gasteiger partial charge on any atom is 0.255 e. The molecule has 3 heteroatoms. The first kappa shape index (κ1) is 16.6. The molecule has 2 fully saturated rings. The summed E-state index contributed by atoms with van der Waals surface area (Å²) in [5.74, 6) is 0.952. The van der Waals surface area contributed by atoms with E-state index in [0.29, 0.717) is 12.0 Å². The summed E-state index contributed by atoms with van der Waals surface area (Å²) in [7, 11) is 0. The molecule has 2 aromatic rings. The van der Waals surface area contributed by atoms with Gasteiger partial charge in [-0.3, -0.25) is 9.78 Å². The van der Waals surface area contributed by atoms with E-state index in [-0.39, 0.29) is 5.91 Å². The smallest absolute Gasteiger partial charge is 0.255 e. The Labute approximate surface area is 150 Å².